The summed E-state index contributed by atoms with van der Waals surface area (Å²) in [6, 6.07) is 3.45. The maximum atomic E-state index is 12.8. The molecule has 1 saturated carbocycles. The van der Waals surface area contributed by atoms with Crippen molar-refractivity contribution in [1.82, 2.24) is 14.5 Å². The fourth-order valence-electron chi connectivity index (χ4n) is 3.40. The number of aromatic nitrogens is 3. The Balaban J connectivity index is 0.00000208. The van der Waals surface area contributed by atoms with Crippen LogP contribution in [0.15, 0.2) is 22.2 Å². The van der Waals surface area contributed by atoms with Crippen molar-refractivity contribution in [2.75, 3.05) is 6.26 Å². The number of fused-ring (bicyclic) bond motifs is 1. The summed E-state index contributed by atoms with van der Waals surface area (Å²) in [7, 11) is -1.33. The Kier molecular flexibility index (Phi) is 4.87. The molecular formula is C16H20N4O3S. The van der Waals surface area contributed by atoms with Crippen LogP contribution in [0, 0.1) is 16.7 Å². The fourth-order valence-corrected chi connectivity index (χ4v) is 3.82. The van der Waals surface area contributed by atoms with Gasteiger partial charge in [-0.3, -0.25) is 13.6 Å². The first-order valence-corrected chi connectivity index (χ1v) is 9.07. The molecule has 2 N–H and O–H groups in total. The summed E-state index contributed by atoms with van der Waals surface area (Å²) in [5.41, 5.74) is 0.177. The molecule has 0 bridgehead atoms. The minimum atomic E-state index is -1.33. The highest BCUT2D eigenvalue weighted by atomic mass is 32.2. The van der Waals surface area contributed by atoms with E-state index < -0.39 is 10.8 Å². The van der Waals surface area contributed by atoms with E-state index in [0.29, 0.717) is 11.0 Å². The van der Waals surface area contributed by atoms with Crippen LogP contribution in [0.25, 0.3) is 11.0 Å². The average molecular weight is 348 g/mol. The lowest BCUT2D eigenvalue weighted by Gasteiger charge is -2.29. The van der Waals surface area contributed by atoms with Crippen molar-refractivity contribution in [3.63, 3.8) is 0 Å². The van der Waals surface area contributed by atoms with Crippen molar-refractivity contribution in [3.8, 4) is 6.07 Å². The van der Waals surface area contributed by atoms with Gasteiger partial charge in [0.15, 0.2) is 0 Å². The minimum Gasteiger partial charge on any atom is -0.412 e. The van der Waals surface area contributed by atoms with Crippen LogP contribution in [-0.4, -0.2) is 30.5 Å². The summed E-state index contributed by atoms with van der Waals surface area (Å²) >= 11 is 0. The number of nitriles is 1. The molecule has 0 aliphatic heterocycles. The lowest BCUT2D eigenvalue weighted by Crippen LogP contribution is -2.33. The zero-order chi connectivity index (χ0) is 16.8. The van der Waals surface area contributed by atoms with E-state index in [1.165, 1.54) is 18.5 Å². The van der Waals surface area contributed by atoms with E-state index in [1.54, 1.807) is 4.57 Å². The molecule has 128 valence electrons. The van der Waals surface area contributed by atoms with E-state index in [1.807, 2.05) is 6.07 Å². The number of hydrogen-bond donors (Lipinski definition) is 0. The average Bonchev–Trinajstić information content (AvgIpc) is 2.85. The van der Waals surface area contributed by atoms with Crippen LogP contribution < -0.4 is 5.56 Å². The van der Waals surface area contributed by atoms with Gasteiger partial charge in [0.2, 0.25) is 5.16 Å². The Bertz CT molecular complexity index is 914. The second-order valence-corrected chi connectivity index (χ2v) is 7.90. The molecule has 0 amide bonds. The van der Waals surface area contributed by atoms with Gasteiger partial charge in [0.1, 0.15) is 17.3 Å². The number of rotatable bonds is 2. The van der Waals surface area contributed by atoms with Gasteiger partial charge in [-0.05, 0) is 24.3 Å². The summed E-state index contributed by atoms with van der Waals surface area (Å²) in [5.74, 6) is 0. The molecule has 0 saturated heterocycles. The first kappa shape index (κ1) is 18.2. The summed E-state index contributed by atoms with van der Waals surface area (Å²) < 4.78 is 13.3. The van der Waals surface area contributed by atoms with Crippen LogP contribution in [0.5, 0.6) is 0 Å². The van der Waals surface area contributed by atoms with Crippen molar-refractivity contribution < 1.29 is 9.69 Å². The Hall–Kier alpha value is -2.11. The van der Waals surface area contributed by atoms with E-state index in [-0.39, 0.29) is 33.2 Å². The predicted molar refractivity (Wildman–Crippen MR) is 91.1 cm³/mol. The van der Waals surface area contributed by atoms with E-state index in [2.05, 4.69) is 23.8 Å². The Morgan fingerprint density at radius 1 is 1.46 bits per heavy atom. The third-order valence-electron chi connectivity index (χ3n) is 4.64. The van der Waals surface area contributed by atoms with Crippen molar-refractivity contribution in [2.45, 2.75) is 44.3 Å². The third-order valence-corrected chi connectivity index (χ3v) is 5.35. The molecule has 24 heavy (non-hydrogen) atoms. The monoisotopic (exact) mass is 348 g/mol. The van der Waals surface area contributed by atoms with E-state index in [9.17, 15) is 14.3 Å². The number of hydrogen-bond acceptors (Lipinski definition) is 5. The molecule has 0 aromatic carbocycles. The van der Waals surface area contributed by atoms with Gasteiger partial charge in [0.25, 0.3) is 5.56 Å². The molecule has 1 fully saturated rings. The van der Waals surface area contributed by atoms with Gasteiger partial charge in [0.05, 0.1) is 10.8 Å². The normalized spacial score (nSPS) is 20.3. The highest BCUT2D eigenvalue weighted by Gasteiger charge is 2.37. The molecular weight excluding hydrogens is 328 g/mol. The fraction of sp³-hybridized carbons (Fsp3) is 0.500. The molecule has 0 spiro atoms. The van der Waals surface area contributed by atoms with Gasteiger partial charge in [-0.2, -0.15) is 5.26 Å². The highest BCUT2D eigenvalue weighted by Crippen LogP contribution is 2.45. The molecule has 2 atom stereocenters. The molecule has 2 unspecified atom stereocenters. The smallest absolute Gasteiger partial charge is 0.270 e. The molecule has 8 heteroatoms. The van der Waals surface area contributed by atoms with E-state index in [0.717, 1.165) is 19.3 Å². The van der Waals surface area contributed by atoms with Crippen molar-refractivity contribution >= 4 is 21.8 Å². The molecule has 1 aliphatic rings. The van der Waals surface area contributed by atoms with Crippen LogP contribution in [0.4, 0.5) is 0 Å². The van der Waals surface area contributed by atoms with E-state index >= 15 is 0 Å². The molecule has 7 nitrogen and oxygen atoms in total. The van der Waals surface area contributed by atoms with Gasteiger partial charge >= 0.3 is 0 Å². The summed E-state index contributed by atoms with van der Waals surface area (Å²) in [6.45, 7) is 4.25. The topological polar surface area (TPSA) is 120 Å². The van der Waals surface area contributed by atoms with Crippen molar-refractivity contribution in [3.05, 3.63) is 28.2 Å². The lowest BCUT2D eigenvalue weighted by atomic mass is 9.87. The first-order valence-electron chi connectivity index (χ1n) is 7.51. The Morgan fingerprint density at radius 2 is 2.17 bits per heavy atom. The van der Waals surface area contributed by atoms with Gasteiger partial charge < -0.3 is 5.48 Å². The molecule has 0 radical (unpaired) electrons. The summed E-state index contributed by atoms with van der Waals surface area (Å²) in [5, 5.41) is 10.1. The predicted octanol–water partition coefficient (Wildman–Crippen LogP) is 1.33. The zero-order valence-electron chi connectivity index (χ0n) is 13.9. The lowest BCUT2D eigenvalue weighted by molar-refractivity contribution is 0.260. The molecule has 1 aliphatic carbocycles. The van der Waals surface area contributed by atoms with Crippen LogP contribution in [-0.2, 0) is 10.8 Å². The van der Waals surface area contributed by atoms with E-state index in [4.69, 9.17) is 0 Å². The van der Waals surface area contributed by atoms with Gasteiger partial charge in [0, 0.05) is 23.9 Å². The maximum absolute atomic E-state index is 12.8. The molecule has 2 aromatic rings. The minimum absolute atomic E-state index is 0. The summed E-state index contributed by atoms with van der Waals surface area (Å²) in [4.78, 5) is 21.2. The van der Waals surface area contributed by atoms with Crippen molar-refractivity contribution in [1.29, 1.82) is 5.26 Å². The SMILES string of the molecule is CS(=O)c1ncc2cc(C#N)c(=O)n(C3CCCC3(C)C)c2n1.O. The Labute approximate surface area is 142 Å². The second-order valence-electron chi connectivity index (χ2n) is 6.63. The quantitative estimate of drug-likeness (QED) is 0.758. The highest BCUT2D eigenvalue weighted by molar-refractivity contribution is 7.84. The molecule has 2 heterocycles. The van der Waals surface area contributed by atoms with Crippen LogP contribution in [0.3, 0.4) is 0 Å². The van der Waals surface area contributed by atoms with Gasteiger partial charge in [-0.25, -0.2) is 9.97 Å². The first-order chi connectivity index (χ1) is 10.8. The largest absolute Gasteiger partial charge is 0.412 e. The van der Waals surface area contributed by atoms with Gasteiger partial charge in [-0.15, -0.1) is 0 Å². The second kappa shape index (κ2) is 6.42. The number of pyridine rings is 1. The molecule has 2 aromatic heterocycles. The van der Waals surface area contributed by atoms with Crippen LogP contribution >= 0.6 is 0 Å². The third kappa shape index (κ3) is 2.85. The zero-order valence-corrected chi connectivity index (χ0v) is 14.7. The van der Waals surface area contributed by atoms with Crippen molar-refractivity contribution in [2.24, 2.45) is 5.41 Å². The molecule has 3 rings (SSSR count). The van der Waals surface area contributed by atoms with Crippen LogP contribution in [0.2, 0.25) is 0 Å². The number of nitrogens with zero attached hydrogens (tertiary/aromatic N) is 4. The summed E-state index contributed by atoms with van der Waals surface area (Å²) in [6.07, 6.45) is 5.95. The maximum Gasteiger partial charge on any atom is 0.270 e. The Morgan fingerprint density at radius 3 is 2.71 bits per heavy atom. The van der Waals surface area contributed by atoms with Gasteiger partial charge in [-0.1, -0.05) is 20.3 Å². The standard InChI is InChI=1S/C16H18N4O2S.H2O/c1-16(2)6-4-5-12(16)20-13-11(7-10(8-17)14(20)21)9-18-15(19-13)23(3)22;/h7,9,12H,4-6H2,1-3H3;1H2. The van der Waals surface area contributed by atoms with Crippen LogP contribution in [0.1, 0.15) is 44.7 Å².